The van der Waals surface area contributed by atoms with Gasteiger partial charge >= 0.3 is 0 Å². The zero-order valence-electron chi connectivity index (χ0n) is 17.8. The van der Waals surface area contributed by atoms with Crippen molar-refractivity contribution in [2.45, 2.75) is 19.6 Å². The molecule has 0 aliphatic carbocycles. The molecule has 0 radical (unpaired) electrons. The van der Waals surface area contributed by atoms with Crippen molar-refractivity contribution in [3.8, 4) is 0 Å². The highest BCUT2D eigenvalue weighted by molar-refractivity contribution is 6.31. The van der Waals surface area contributed by atoms with Crippen LogP contribution in [0.4, 0.5) is 5.82 Å². The van der Waals surface area contributed by atoms with Gasteiger partial charge in [0, 0.05) is 28.7 Å². The van der Waals surface area contributed by atoms with Crippen LogP contribution in [0, 0.1) is 0 Å². The number of H-pyrrole nitrogens is 1. The Kier molecular flexibility index (Phi) is 6.24. The molecule has 1 N–H and O–H groups in total. The molecule has 0 saturated carbocycles. The first-order valence-electron chi connectivity index (χ1n) is 10.7. The smallest absolute Gasteiger partial charge is 0.293 e. The maximum Gasteiger partial charge on any atom is 0.293 e. The van der Waals surface area contributed by atoms with Crippen molar-refractivity contribution in [3.63, 3.8) is 0 Å². The van der Waals surface area contributed by atoms with E-state index in [1.807, 2.05) is 77.6 Å². The molecule has 0 aliphatic rings. The number of hydrogen-bond donors (Lipinski definition) is 1. The molecule has 0 bridgehead atoms. The van der Waals surface area contributed by atoms with Gasteiger partial charge in [-0.05, 0) is 23.3 Å². The predicted molar refractivity (Wildman–Crippen MR) is 132 cm³/mol. The number of hydrogen-bond acceptors (Lipinski definition) is 3. The first-order valence-corrected chi connectivity index (χ1v) is 11.4. The molecule has 5 nitrogen and oxygen atoms in total. The SMILES string of the molecule is Clc1ccccc1CN(Cc1ccccc1)c1nc[n+](Cc2ccccc2Cl)c2nc[nH]c12. The van der Waals surface area contributed by atoms with Crippen LogP contribution in [0.1, 0.15) is 16.7 Å². The van der Waals surface area contributed by atoms with Gasteiger partial charge in [0.2, 0.25) is 12.1 Å². The van der Waals surface area contributed by atoms with Crippen LogP contribution in [-0.4, -0.2) is 15.0 Å². The van der Waals surface area contributed by atoms with E-state index in [9.17, 15) is 0 Å². The van der Waals surface area contributed by atoms with Crippen LogP contribution in [-0.2, 0) is 19.6 Å². The molecule has 0 amide bonds. The number of halogens is 2. The summed E-state index contributed by atoms with van der Waals surface area (Å²) in [4.78, 5) is 15.0. The van der Waals surface area contributed by atoms with Crippen LogP contribution in [0.25, 0.3) is 11.2 Å². The normalized spacial score (nSPS) is 11.1. The summed E-state index contributed by atoms with van der Waals surface area (Å²) in [5.41, 5.74) is 4.93. The first-order chi connectivity index (χ1) is 16.2. The van der Waals surface area contributed by atoms with Crippen molar-refractivity contribution < 1.29 is 4.57 Å². The number of benzene rings is 3. The summed E-state index contributed by atoms with van der Waals surface area (Å²) in [5, 5.41) is 1.46. The number of anilines is 1. The Labute approximate surface area is 202 Å². The minimum Gasteiger partial charge on any atom is -0.332 e. The summed E-state index contributed by atoms with van der Waals surface area (Å²) < 4.78 is 2.01. The van der Waals surface area contributed by atoms with Gasteiger partial charge in [-0.25, -0.2) is 4.57 Å². The molecule has 3 aromatic carbocycles. The fourth-order valence-corrected chi connectivity index (χ4v) is 4.31. The van der Waals surface area contributed by atoms with E-state index < -0.39 is 0 Å². The first kappa shape index (κ1) is 21.4. The van der Waals surface area contributed by atoms with Crippen LogP contribution in [0.15, 0.2) is 91.5 Å². The van der Waals surface area contributed by atoms with E-state index in [1.54, 1.807) is 6.33 Å². The lowest BCUT2D eigenvalue weighted by Crippen LogP contribution is -2.37. The van der Waals surface area contributed by atoms with Gasteiger partial charge in [-0.15, -0.1) is 0 Å². The molecule has 0 saturated heterocycles. The molecular weight excluding hydrogens is 453 g/mol. The largest absolute Gasteiger partial charge is 0.332 e. The molecule has 2 heterocycles. The number of nitrogens with one attached hydrogen (secondary N) is 1. The number of rotatable bonds is 7. The molecule has 33 heavy (non-hydrogen) atoms. The molecular formula is C26H22Cl2N5+. The van der Waals surface area contributed by atoms with Gasteiger partial charge in [0.15, 0.2) is 11.8 Å². The molecule has 164 valence electrons. The Morgan fingerprint density at radius 3 is 2.15 bits per heavy atom. The third-order valence-electron chi connectivity index (χ3n) is 5.57. The van der Waals surface area contributed by atoms with E-state index in [0.717, 1.165) is 38.2 Å². The monoisotopic (exact) mass is 474 g/mol. The highest BCUT2D eigenvalue weighted by Gasteiger charge is 2.23. The van der Waals surface area contributed by atoms with Crippen LogP contribution >= 0.6 is 23.2 Å². The minimum atomic E-state index is 0.581. The van der Waals surface area contributed by atoms with Crippen molar-refractivity contribution in [3.05, 3.63) is 118 Å². The van der Waals surface area contributed by atoms with Gasteiger partial charge < -0.3 is 9.88 Å². The fraction of sp³-hybridized carbons (Fsp3) is 0.115. The second-order valence-corrected chi connectivity index (χ2v) is 8.64. The van der Waals surface area contributed by atoms with E-state index in [2.05, 4.69) is 27.0 Å². The maximum absolute atomic E-state index is 6.50. The summed E-state index contributed by atoms with van der Waals surface area (Å²) in [7, 11) is 0. The van der Waals surface area contributed by atoms with Crippen molar-refractivity contribution in [1.82, 2.24) is 15.0 Å². The van der Waals surface area contributed by atoms with E-state index in [-0.39, 0.29) is 0 Å². The lowest BCUT2D eigenvalue weighted by molar-refractivity contribution is -0.667. The van der Waals surface area contributed by atoms with Crippen molar-refractivity contribution in [2.75, 3.05) is 4.90 Å². The number of fused-ring (bicyclic) bond motifs is 1. The molecule has 2 aromatic heterocycles. The van der Waals surface area contributed by atoms with Gasteiger partial charge in [-0.2, -0.15) is 0 Å². The third-order valence-corrected chi connectivity index (χ3v) is 6.31. The van der Waals surface area contributed by atoms with Crippen LogP contribution < -0.4 is 9.47 Å². The zero-order chi connectivity index (χ0) is 22.6. The van der Waals surface area contributed by atoms with Gasteiger partial charge in [0.25, 0.3) is 5.65 Å². The molecule has 5 aromatic rings. The van der Waals surface area contributed by atoms with E-state index in [1.165, 1.54) is 5.56 Å². The van der Waals surface area contributed by atoms with E-state index in [4.69, 9.17) is 28.2 Å². The van der Waals surface area contributed by atoms with Crippen molar-refractivity contribution in [2.24, 2.45) is 0 Å². The molecule has 7 heteroatoms. The number of aromatic amines is 1. The second-order valence-electron chi connectivity index (χ2n) is 7.82. The Hall–Kier alpha value is -3.41. The number of imidazole rings is 1. The van der Waals surface area contributed by atoms with Crippen LogP contribution in [0.5, 0.6) is 0 Å². The van der Waals surface area contributed by atoms with Crippen molar-refractivity contribution >= 4 is 40.2 Å². The quantitative estimate of drug-likeness (QED) is 0.303. The van der Waals surface area contributed by atoms with Gasteiger partial charge in [0.05, 0.1) is 6.54 Å². The van der Waals surface area contributed by atoms with Gasteiger partial charge in [0.1, 0.15) is 0 Å². The fourth-order valence-electron chi connectivity index (χ4n) is 3.92. The zero-order valence-corrected chi connectivity index (χ0v) is 19.3. The van der Waals surface area contributed by atoms with Gasteiger partial charge in [-0.1, -0.05) is 99.9 Å². The topological polar surface area (TPSA) is 48.7 Å². The summed E-state index contributed by atoms with van der Waals surface area (Å²) >= 11 is 12.9. The Balaban J connectivity index is 1.55. The number of aromatic nitrogens is 4. The Bertz CT molecular complexity index is 1380. The average Bonchev–Trinajstić information content (AvgIpc) is 3.33. The average molecular weight is 475 g/mol. The Morgan fingerprint density at radius 2 is 1.42 bits per heavy atom. The van der Waals surface area contributed by atoms with E-state index in [0.29, 0.717) is 19.6 Å². The predicted octanol–water partition coefficient (Wildman–Crippen LogP) is 5.81. The van der Waals surface area contributed by atoms with Crippen LogP contribution in [0.2, 0.25) is 10.0 Å². The summed E-state index contributed by atoms with van der Waals surface area (Å²) in [6.45, 7) is 1.88. The van der Waals surface area contributed by atoms with E-state index >= 15 is 0 Å². The molecule has 0 fully saturated rings. The second kappa shape index (κ2) is 9.61. The third kappa shape index (κ3) is 4.70. The van der Waals surface area contributed by atoms with Gasteiger partial charge in [-0.3, -0.25) is 0 Å². The Morgan fingerprint density at radius 1 is 0.758 bits per heavy atom. The minimum absolute atomic E-state index is 0.581. The summed E-state index contributed by atoms with van der Waals surface area (Å²) in [5.74, 6) is 0.821. The lowest BCUT2D eigenvalue weighted by Gasteiger charge is -2.23. The standard InChI is InChI=1S/C26H21Cl2N5/c27-22-12-6-4-10-20(22)15-32(14-19-8-2-1-3-9-19)26-24-25(30-17-29-24)33(18-31-26)16-21-11-5-7-13-23(21)28/h1-13,17-18H,14-16H2/p+1. The molecule has 0 atom stereocenters. The highest BCUT2D eigenvalue weighted by atomic mass is 35.5. The molecule has 0 unspecified atom stereocenters. The maximum atomic E-state index is 6.50. The lowest BCUT2D eigenvalue weighted by atomic mass is 10.1. The molecule has 0 aliphatic heterocycles. The highest BCUT2D eigenvalue weighted by Crippen LogP contribution is 2.26. The summed E-state index contributed by atoms with van der Waals surface area (Å²) in [6, 6.07) is 26.1. The van der Waals surface area contributed by atoms with Crippen molar-refractivity contribution in [1.29, 1.82) is 0 Å². The number of nitrogens with zero attached hydrogens (tertiary/aromatic N) is 4. The summed E-state index contributed by atoms with van der Waals surface area (Å²) in [6.07, 6.45) is 3.53. The van der Waals surface area contributed by atoms with Crippen LogP contribution in [0.3, 0.4) is 0 Å². The molecule has 5 rings (SSSR count). The molecule has 0 spiro atoms.